The van der Waals surface area contributed by atoms with E-state index < -0.39 is 5.97 Å². The summed E-state index contributed by atoms with van der Waals surface area (Å²) in [5.41, 5.74) is 2.66. The third-order valence-corrected chi connectivity index (χ3v) is 2.68. The molecule has 0 radical (unpaired) electrons. The Bertz CT molecular complexity index is 541. The van der Waals surface area contributed by atoms with E-state index in [4.69, 9.17) is 4.74 Å². The molecule has 0 fully saturated rings. The summed E-state index contributed by atoms with van der Waals surface area (Å²) < 4.78 is 4.86. The van der Waals surface area contributed by atoms with Gasteiger partial charge in [-0.1, -0.05) is 77.5 Å². The molecular formula is C17H16LiNO2. The van der Waals surface area contributed by atoms with Gasteiger partial charge >= 0.3 is 18.9 Å². The van der Waals surface area contributed by atoms with Crippen LogP contribution in [0.3, 0.4) is 0 Å². The van der Waals surface area contributed by atoms with Crippen LogP contribution in [-0.2, 0) is 9.53 Å². The summed E-state index contributed by atoms with van der Waals surface area (Å²) >= 11 is 0. The van der Waals surface area contributed by atoms with E-state index in [9.17, 15) is 4.79 Å². The molecule has 102 valence electrons. The zero-order valence-corrected chi connectivity index (χ0v) is 12.3. The smallest absolute Gasteiger partial charge is 0.475 e. The SMILES string of the molecule is CCOC(=O)[CH-]N=C(c1ccccc1)c1ccccc1.[Li+]. The number of hydrogen-bond donors (Lipinski definition) is 0. The van der Waals surface area contributed by atoms with Crippen molar-refractivity contribution in [3.8, 4) is 0 Å². The average molecular weight is 273 g/mol. The maximum absolute atomic E-state index is 11.4. The molecule has 0 unspecified atom stereocenters. The minimum atomic E-state index is -0.433. The van der Waals surface area contributed by atoms with Crippen LogP contribution in [0.15, 0.2) is 65.7 Å². The van der Waals surface area contributed by atoms with E-state index in [1.54, 1.807) is 6.92 Å². The maximum Gasteiger partial charge on any atom is 1.00 e. The first-order chi connectivity index (χ1) is 9.81. The van der Waals surface area contributed by atoms with Gasteiger partial charge in [0.05, 0.1) is 6.61 Å². The second-order valence-electron chi connectivity index (χ2n) is 4.09. The second-order valence-corrected chi connectivity index (χ2v) is 4.09. The molecule has 2 aromatic carbocycles. The number of ether oxygens (including phenoxy) is 1. The van der Waals surface area contributed by atoms with Crippen molar-refractivity contribution < 1.29 is 28.4 Å². The largest absolute Gasteiger partial charge is 1.00 e. The normalized spacial score (nSPS) is 9.19. The Morgan fingerprint density at radius 1 is 1.00 bits per heavy atom. The Morgan fingerprint density at radius 2 is 1.48 bits per heavy atom. The van der Waals surface area contributed by atoms with Crippen LogP contribution in [0.2, 0.25) is 0 Å². The minimum absolute atomic E-state index is 0. The summed E-state index contributed by atoms with van der Waals surface area (Å²) in [7, 11) is 0. The van der Waals surface area contributed by atoms with Crippen molar-refractivity contribution in [3.05, 3.63) is 78.3 Å². The number of hydrogen-bond acceptors (Lipinski definition) is 3. The first kappa shape index (κ1) is 17.1. The van der Waals surface area contributed by atoms with E-state index in [0.717, 1.165) is 16.8 Å². The fourth-order valence-corrected chi connectivity index (χ4v) is 1.80. The van der Waals surface area contributed by atoms with E-state index in [0.29, 0.717) is 6.61 Å². The van der Waals surface area contributed by atoms with Crippen molar-refractivity contribution in [2.45, 2.75) is 6.92 Å². The predicted molar refractivity (Wildman–Crippen MR) is 79.5 cm³/mol. The summed E-state index contributed by atoms with van der Waals surface area (Å²) in [4.78, 5) is 15.7. The fourth-order valence-electron chi connectivity index (χ4n) is 1.80. The molecule has 4 heteroatoms. The molecule has 2 aromatic rings. The predicted octanol–water partition coefficient (Wildman–Crippen LogP) is 0.253. The molecule has 0 heterocycles. The Morgan fingerprint density at radius 3 is 1.90 bits per heavy atom. The van der Waals surface area contributed by atoms with Gasteiger partial charge in [-0.15, -0.1) is 0 Å². The van der Waals surface area contributed by atoms with Gasteiger partial charge in [-0.3, -0.25) is 4.79 Å². The average Bonchev–Trinajstić information content (AvgIpc) is 2.50. The first-order valence-corrected chi connectivity index (χ1v) is 6.50. The Kier molecular flexibility index (Phi) is 7.39. The van der Waals surface area contributed by atoms with Gasteiger partial charge in [0.15, 0.2) is 0 Å². The molecule has 0 saturated carbocycles. The van der Waals surface area contributed by atoms with E-state index >= 15 is 0 Å². The van der Waals surface area contributed by atoms with Crippen LogP contribution >= 0.6 is 0 Å². The van der Waals surface area contributed by atoms with Crippen LogP contribution in [0.25, 0.3) is 0 Å². The van der Waals surface area contributed by atoms with Crippen LogP contribution in [0, 0.1) is 6.54 Å². The van der Waals surface area contributed by atoms with Gasteiger partial charge in [-0.25, -0.2) is 0 Å². The van der Waals surface area contributed by atoms with Crippen LogP contribution in [-0.4, -0.2) is 18.3 Å². The number of rotatable bonds is 5. The number of esters is 1. The Hall–Kier alpha value is -1.95. The van der Waals surface area contributed by atoms with Gasteiger partial charge in [-0.2, -0.15) is 0 Å². The van der Waals surface area contributed by atoms with Crippen LogP contribution in [0.1, 0.15) is 18.1 Å². The van der Waals surface area contributed by atoms with Crippen LogP contribution in [0.4, 0.5) is 0 Å². The molecule has 21 heavy (non-hydrogen) atoms. The summed E-state index contributed by atoms with van der Waals surface area (Å²) in [5, 5.41) is 0. The molecule has 0 saturated heterocycles. The zero-order chi connectivity index (χ0) is 14.2. The van der Waals surface area contributed by atoms with Crippen molar-refractivity contribution >= 4 is 11.7 Å². The van der Waals surface area contributed by atoms with E-state index in [1.165, 1.54) is 6.54 Å². The number of carbonyl (C=O) groups excluding carboxylic acids is 1. The molecule has 0 aliphatic heterocycles. The van der Waals surface area contributed by atoms with E-state index in [2.05, 4.69) is 4.99 Å². The standard InChI is InChI=1S/C17H16NO2.Li/c1-2-20-16(19)13-18-17(14-9-5-3-6-10-14)15-11-7-4-8-12-15;/h3-13H,2H2,1H3;/q-1;+1. The Labute approximate surface area is 137 Å². The van der Waals surface area contributed by atoms with Gasteiger partial charge < -0.3 is 9.73 Å². The van der Waals surface area contributed by atoms with E-state index in [1.807, 2.05) is 60.7 Å². The third kappa shape index (κ3) is 5.15. The summed E-state index contributed by atoms with van der Waals surface area (Å²) in [6, 6.07) is 19.5. The molecule has 3 nitrogen and oxygen atoms in total. The topological polar surface area (TPSA) is 38.7 Å². The first-order valence-electron chi connectivity index (χ1n) is 6.50. The van der Waals surface area contributed by atoms with Crippen molar-refractivity contribution in [1.29, 1.82) is 0 Å². The van der Waals surface area contributed by atoms with Crippen molar-refractivity contribution in [2.24, 2.45) is 4.99 Å². The summed E-state index contributed by atoms with van der Waals surface area (Å²) in [5.74, 6) is -0.433. The maximum atomic E-state index is 11.4. The molecule has 0 N–H and O–H groups in total. The molecular weight excluding hydrogens is 257 g/mol. The number of nitrogens with zero attached hydrogens (tertiary/aromatic N) is 1. The van der Waals surface area contributed by atoms with Gasteiger partial charge in [0.1, 0.15) is 0 Å². The Balaban J connectivity index is 0.00000220. The summed E-state index contributed by atoms with van der Waals surface area (Å²) in [6.45, 7) is 3.33. The van der Waals surface area contributed by atoms with Crippen molar-refractivity contribution in [2.75, 3.05) is 6.61 Å². The zero-order valence-electron chi connectivity index (χ0n) is 12.3. The number of aliphatic imine (C=N–C) groups is 1. The molecule has 0 aliphatic rings. The molecule has 0 atom stereocenters. The fraction of sp³-hybridized carbons (Fsp3) is 0.118. The van der Waals surface area contributed by atoms with Crippen LogP contribution in [0.5, 0.6) is 0 Å². The molecule has 0 spiro atoms. The molecule has 0 aliphatic carbocycles. The molecule has 2 rings (SSSR count). The van der Waals surface area contributed by atoms with Crippen molar-refractivity contribution in [1.82, 2.24) is 0 Å². The van der Waals surface area contributed by atoms with Crippen LogP contribution < -0.4 is 18.9 Å². The van der Waals surface area contributed by atoms with Gasteiger partial charge in [0, 0.05) is 0 Å². The molecule has 0 aromatic heterocycles. The van der Waals surface area contributed by atoms with Gasteiger partial charge in [-0.05, 0) is 13.5 Å². The monoisotopic (exact) mass is 273 g/mol. The number of carbonyl (C=O) groups is 1. The minimum Gasteiger partial charge on any atom is -0.475 e. The van der Waals surface area contributed by atoms with E-state index in [-0.39, 0.29) is 18.9 Å². The number of benzene rings is 2. The van der Waals surface area contributed by atoms with Crippen molar-refractivity contribution in [3.63, 3.8) is 0 Å². The second kappa shape index (κ2) is 9.07. The van der Waals surface area contributed by atoms with Gasteiger partial charge in [0.2, 0.25) is 0 Å². The summed E-state index contributed by atoms with van der Waals surface area (Å²) in [6.07, 6.45) is 0. The van der Waals surface area contributed by atoms with Gasteiger partial charge in [0.25, 0.3) is 5.97 Å². The third-order valence-electron chi connectivity index (χ3n) is 2.68. The molecule has 0 bridgehead atoms. The quantitative estimate of drug-likeness (QED) is 0.339. The molecule has 0 amide bonds.